The molecule has 2 aromatic carbocycles. The quantitative estimate of drug-likeness (QED) is 0.836. The summed E-state index contributed by atoms with van der Waals surface area (Å²) in [5.41, 5.74) is 6.80. The first-order chi connectivity index (χ1) is 8.60. The number of nitrogen functional groups attached to an aromatic ring is 1. The molecule has 0 unspecified atom stereocenters. The Labute approximate surface area is 118 Å². The van der Waals surface area contributed by atoms with Crippen molar-refractivity contribution in [3.63, 3.8) is 0 Å². The third-order valence-corrected chi connectivity index (χ3v) is 3.15. The average Bonchev–Trinajstić information content (AvgIpc) is 2.33. The molecule has 2 rings (SSSR count). The van der Waals surface area contributed by atoms with Crippen LogP contribution in [0.1, 0.15) is 5.56 Å². The Kier molecular flexibility index (Phi) is 3.75. The molecular formula is C13H8BrClN2O. The van der Waals surface area contributed by atoms with Crippen LogP contribution in [-0.2, 0) is 0 Å². The van der Waals surface area contributed by atoms with Crippen LogP contribution in [-0.4, -0.2) is 0 Å². The van der Waals surface area contributed by atoms with Gasteiger partial charge in [-0.15, -0.1) is 0 Å². The monoisotopic (exact) mass is 322 g/mol. The predicted molar refractivity (Wildman–Crippen MR) is 74.8 cm³/mol. The fourth-order valence-corrected chi connectivity index (χ4v) is 2.02. The number of nitrogens with zero attached hydrogens (tertiary/aromatic N) is 1. The highest BCUT2D eigenvalue weighted by atomic mass is 79.9. The Morgan fingerprint density at radius 2 is 2.00 bits per heavy atom. The number of hydrogen-bond acceptors (Lipinski definition) is 3. The maximum absolute atomic E-state index is 8.82. The van der Waals surface area contributed by atoms with Crippen LogP contribution in [0.25, 0.3) is 0 Å². The van der Waals surface area contributed by atoms with Crippen LogP contribution in [0.3, 0.4) is 0 Å². The van der Waals surface area contributed by atoms with Crippen molar-refractivity contribution in [2.75, 3.05) is 5.73 Å². The lowest BCUT2D eigenvalue weighted by Crippen LogP contribution is -1.92. The van der Waals surface area contributed by atoms with Crippen LogP contribution in [0.2, 0.25) is 5.02 Å². The van der Waals surface area contributed by atoms with Crippen molar-refractivity contribution in [1.29, 1.82) is 5.26 Å². The molecule has 0 radical (unpaired) electrons. The smallest absolute Gasteiger partial charge is 0.150 e. The zero-order chi connectivity index (χ0) is 13.1. The number of halogens is 2. The highest BCUT2D eigenvalue weighted by Gasteiger charge is 2.05. The molecule has 0 aliphatic carbocycles. The first-order valence-corrected chi connectivity index (χ1v) is 6.20. The van der Waals surface area contributed by atoms with Gasteiger partial charge in [0.2, 0.25) is 0 Å². The topological polar surface area (TPSA) is 59.0 Å². The van der Waals surface area contributed by atoms with Gasteiger partial charge < -0.3 is 10.5 Å². The average molecular weight is 324 g/mol. The van der Waals surface area contributed by atoms with Gasteiger partial charge >= 0.3 is 0 Å². The van der Waals surface area contributed by atoms with Gasteiger partial charge in [0.1, 0.15) is 17.6 Å². The highest BCUT2D eigenvalue weighted by Crippen LogP contribution is 2.31. The van der Waals surface area contributed by atoms with Gasteiger partial charge in [-0.05, 0) is 52.3 Å². The minimum atomic E-state index is 0.461. The molecule has 5 heteroatoms. The van der Waals surface area contributed by atoms with E-state index in [0.29, 0.717) is 32.2 Å². The van der Waals surface area contributed by atoms with Crippen LogP contribution in [0.4, 0.5) is 5.69 Å². The van der Waals surface area contributed by atoms with Crippen molar-refractivity contribution in [2.45, 2.75) is 0 Å². The fraction of sp³-hybridized carbons (Fsp3) is 0. The number of anilines is 1. The molecule has 0 heterocycles. The van der Waals surface area contributed by atoms with E-state index in [-0.39, 0.29) is 0 Å². The van der Waals surface area contributed by atoms with Crippen LogP contribution >= 0.6 is 27.5 Å². The number of ether oxygens (including phenoxy) is 1. The van der Waals surface area contributed by atoms with E-state index >= 15 is 0 Å². The molecular weight excluding hydrogens is 316 g/mol. The lowest BCUT2D eigenvalue weighted by Gasteiger charge is -2.09. The van der Waals surface area contributed by atoms with Crippen molar-refractivity contribution < 1.29 is 4.74 Å². The van der Waals surface area contributed by atoms with Gasteiger partial charge in [0.15, 0.2) is 0 Å². The van der Waals surface area contributed by atoms with Gasteiger partial charge in [0.25, 0.3) is 0 Å². The lowest BCUT2D eigenvalue weighted by molar-refractivity contribution is 0.484. The van der Waals surface area contributed by atoms with Gasteiger partial charge in [0.05, 0.1) is 11.3 Å². The zero-order valence-electron chi connectivity index (χ0n) is 9.15. The third-order valence-electron chi connectivity index (χ3n) is 2.26. The second-order valence-corrected chi connectivity index (χ2v) is 4.83. The first kappa shape index (κ1) is 12.7. The number of nitriles is 1. The molecule has 90 valence electrons. The maximum atomic E-state index is 8.82. The molecule has 0 saturated heterocycles. The van der Waals surface area contributed by atoms with E-state index in [1.54, 1.807) is 36.4 Å². The standard InChI is InChI=1S/C13H8BrClN2O/c14-11-6-10(3-1-8(11)7-16)18-13-4-2-9(15)5-12(13)17/h1-6H,17H2. The van der Waals surface area contributed by atoms with E-state index in [0.717, 1.165) is 0 Å². The van der Waals surface area contributed by atoms with Gasteiger partial charge in [-0.3, -0.25) is 0 Å². The normalized spacial score (nSPS) is 9.83. The molecule has 2 aromatic rings. The number of hydrogen-bond donors (Lipinski definition) is 1. The number of benzene rings is 2. The van der Waals surface area contributed by atoms with Gasteiger partial charge in [-0.1, -0.05) is 11.6 Å². The second kappa shape index (κ2) is 5.30. The molecule has 0 fully saturated rings. The van der Waals surface area contributed by atoms with Crippen LogP contribution < -0.4 is 10.5 Å². The summed E-state index contributed by atoms with van der Waals surface area (Å²) < 4.78 is 6.30. The molecule has 0 aliphatic heterocycles. The predicted octanol–water partition coefficient (Wildman–Crippen LogP) is 4.35. The molecule has 0 aromatic heterocycles. The Bertz CT molecular complexity index is 637. The lowest BCUT2D eigenvalue weighted by atomic mass is 10.2. The Morgan fingerprint density at radius 3 is 2.61 bits per heavy atom. The molecule has 0 saturated carbocycles. The molecule has 0 amide bonds. The van der Waals surface area contributed by atoms with E-state index in [1.165, 1.54) is 0 Å². The molecule has 0 aliphatic rings. The Hall–Kier alpha value is -1.70. The summed E-state index contributed by atoms with van der Waals surface area (Å²) in [6, 6.07) is 12.2. The molecule has 0 atom stereocenters. The molecule has 0 spiro atoms. The van der Waals surface area contributed by atoms with Gasteiger partial charge in [-0.25, -0.2) is 0 Å². The van der Waals surface area contributed by atoms with E-state index in [9.17, 15) is 0 Å². The molecule has 18 heavy (non-hydrogen) atoms. The third kappa shape index (κ3) is 2.76. The van der Waals surface area contributed by atoms with Crippen molar-refractivity contribution >= 4 is 33.2 Å². The molecule has 0 bridgehead atoms. The van der Waals surface area contributed by atoms with Crippen LogP contribution in [0, 0.1) is 11.3 Å². The largest absolute Gasteiger partial charge is 0.455 e. The fourth-order valence-electron chi connectivity index (χ4n) is 1.39. The van der Waals surface area contributed by atoms with Crippen molar-refractivity contribution in [2.24, 2.45) is 0 Å². The zero-order valence-corrected chi connectivity index (χ0v) is 11.5. The summed E-state index contributed by atoms with van der Waals surface area (Å²) in [6.07, 6.45) is 0. The van der Waals surface area contributed by atoms with E-state index < -0.39 is 0 Å². The summed E-state index contributed by atoms with van der Waals surface area (Å²) in [5, 5.41) is 9.37. The number of rotatable bonds is 2. The molecule has 3 nitrogen and oxygen atoms in total. The SMILES string of the molecule is N#Cc1ccc(Oc2ccc(Cl)cc2N)cc1Br. The van der Waals surface area contributed by atoms with Crippen molar-refractivity contribution in [3.05, 3.63) is 51.5 Å². The number of nitrogens with two attached hydrogens (primary N) is 1. The second-order valence-electron chi connectivity index (χ2n) is 3.54. The Balaban J connectivity index is 2.29. The van der Waals surface area contributed by atoms with E-state index in [2.05, 4.69) is 22.0 Å². The maximum Gasteiger partial charge on any atom is 0.150 e. The van der Waals surface area contributed by atoms with Gasteiger partial charge in [0, 0.05) is 9.50 Å². The summed E-state index contributed by atoms with van der Waals surface area (Å²) in [7, 11) is 0. The minimum absolute atomic E-state index is 0.461. The van der Waals surface area contributed by atoms with Crippen LogP contribution in [0.5, 0.6) is 11.5 Å². The first-order valence-electron chi connectivity index (χ1n) is 5.02. The summed E-state index contributed by atoms with van der Waals surface area (Å²) in [6.45, 7) is 0. The minimum Gasteiger partial charge on any atom is -0.455 e. The highest BCUT2D eigenvalue weighted by molar-refractivity contribution is 9.10. The van der Waals surface area contributed by atoms with Gasteiger partial charge in [-0.2, -0.15) is 5.26 Å². The summed E-state index contributed by atoms with van der Waals surface area (Å²) in [4.78, 5) is 0. The molecule has 2 N–H and O–H groups in total. The van der Waals surface area contributed by atoms with Crippen LogP contribution in [0.15, 0.2) is 40.9 Å². The van der Waals surface area contributed by atoms with E-state index in [1.807, 2.05) is 0 Å². The Morgan fingerprint density at radius 1 is 1.22 bits per heavy atom. The van der Waals surface area contributed by atoms with Crippen molar-refractivity contribution in [3.8, 4) is 17.6 Å². The summed E-state index contributed by atoms with van der Waals surface area (Å²) in [5.74, 6) is 1.12. The summed E-state index contributed by atoms with van der Waals surface area (Å²) >= 11 is 9.10. The van der Waals surface area contributed by atoms with E-state index in [4.69, 9.17) is 27.3 Å². The van der Waals surface area contributed by atoms with Crippen molar-refractivity contribution in [1.82, 2.24) is 0 Å².